The van der Waals surface area contributed by atoms with E-state index in [-0.39, 0.29) is 5.88 Å². The SMILES string of the molecule is Cc1cc2ccccc2c(-c2ccc3c4c(ccnc24)CCO3)c1[C@H](OC(C)(C)CCl)C(=O)O. The Morgan fingerprint density at radius 3 is 2.79 bits per heavy atom. The van der Waals surface area contributed by atoms with Gasteiger partial charge in [0.2, 0.25) is 0 Å². The number of carboxylic acid groups (broad SMARTS) is 1. The van der Waals surface area contributed by atoms with Crippen LogP contribution in [0.5, 0.6) is 5.75 Å². The minimum atomic E-state index is -1.20. The van der Waals surface area contributed by atoms with E-state index in [1.807, 2.05) is 61.7 Å². The third-order valence-corrected chi connectivity index (χ3v) is 7.02. The molecule has 5 nitrogen and oxygen atoms in total. The van der Waals surface area contributed by atoms with Gasteiger partial charge in [0, 0.05) is 29.1 Å². The van der Waals surface area contributed by atoms with Crippen molar-refractivity contribution in [2.75, 3.05) is 12.5 Å². The van der Waals surface area contributed by atoms with E-state index in [9.17, 15) is 9.90 Å². The highest BCUT2D eigenvalue weighted by atomic mass is 35.5. The number of hydrogen-bond acceptors (Lipinski definition) is 4. The summed E-state index contributed by atoms with van der Waals surface area (Å²) >= 11 is 6.11. The van der Waals surface area contributed by atoms with Crippen molar-refractivity contribution < 1.29 is 19.4 Å². The normalized spacial score (nSPS) is 14.2. The van der Waals surface area contributed by atoms with Crippen LogP contribution in [0.15, 0.2) is 54.7 Å². The molecule has 34 heavy (non-hydrogen) atoms. The van der Waals surface area contributed by atoms with Crippen LogP contribution >= 0.6 is 11.6 Å². The second-order valence-corrected chi connectivity index (χ2v) is 9.60. The van der Waals surface area contributed by atoms with Gasteiger partial charge in [-0.25, -0.2) is 4.79 Å². The molecule has 0 fully saturated rings. The second kappa shape index (κ2) is 8.57. The molecule has 0 radical (unpaired) electrons. The summed E-state index contributed by atoms with van der Waals surface area (Å²) < 4.78 is 12.1. The molecule has 0 spiro atoms. The number of benzene rings is 3. The van der Waals surface area contributed by atoms with E-state index in [0.29, 0.717) is 12.2 Å². The number of ether oxygens (including phenoxy) is 2. The van der Waals surface area contributed by atoms with E-state index in [2.05, 4.69) is 0 Å². The molecule has 0 unspecified atom stereocenters. The molecule has 1 N–H and O–H groups in total. The van der Waals surface area contributed by atoms with E-state index < -0.39 is 17.7 Å². The number of pyridine rings is 1. The van der Waals surface area contributed by atoms with Crippen molar-refractivity contribution >= 4 is 39.2 Å². The Balaban J connectivity index is 1.88. The minimum absolute atomic E-state index is 0.165. The fraction of sp³-hybridized carbons (Fsp3) is 0.286. The highest BCUT2D eigenvalue weighted by Crippen LogP contribution is 2.45. The largest absolute Gasteiger partial charge is 0.493 e. The van der Waals surface area contributed by atoms with Crippen molar-refractivity contribution in [3.63, 3.8) is 0 Å². The van der Waals surface area contributed by atoms with Crippen LogP contribution in [0.1, 0.15) is 36.6 Å². The van der Waals surface area contributed by atoms with Crippen molar-refractivity contribution in [2.24, 2.45) is 0 Å². The first-order valence-electron chi connectivity index (χ1n) is 11.3. The van der Waals surface area contributed by atoms with Gasteiger partial charge in [0.15, 0.2) is 6.10 Å². The van der Waals surface area contributed by atoms with Crippen LogP contribution in [0, 0.1) is 6.92 Å². The molecule has 4 aromatic rings. The first kappa shape index (κ1) is 22.6. The van der Waals surface area contributed by atoms with Crippen molar-refractivity contribution in [1.82, 2.24) is 4.98 Å². The van der Waals surface area contributed by atoms with E-state index in [4.69, 9.17) is 26.1 Å². The number of carbonyl (C=O) groups is 1. The van der Waals surface area contributed by atoms with Gasteiger partial charge in [-0.1, -0.05) is 30.3 Å². The fourth-order valence-electron chi connectivity index (χ4n) is 4.82. The van der Waals surface area contributed by atoms with Gasteiger partial charge in [0.1, 0.15) is 5.75 Å². The first-order valence-corrected chi connectivity index (χ1v) is 11.9. The maximum absolute atomic E-state index is 12.6. The maximum Gasteiger partial charge on any atom is 0.337 e. The monoisotopic (exact) mass is 475 g/mol. The number of carboxylic acids is 1. The van der Waals surface area contributed by atoms with Crippen LogP contribution in [-0.2, 0) is 16.0 Å². The molecule has 1 aliphatic heterocycles. The maximum atomic E-state index is 12.6. The summed E-state index contributed by atoms with van der Waals surface area (Å²) in [6.45, 7) is 6.16. The predicted octanol–water partition coefficient (Wildman–Crippen LogP) is 6.46. The van der Waals surface area contributed by atoms with Gasteiger partial charge < -0.3 is 14.6 Å². The van der Waals surface area contributed by atoms with Crippen LogP contribution < -0.4 is 4.74 Å². The highest BCUT2D eigenvalue weighted by molar-refractivity contribution is 6.18. The molecular weight excluding hydrogens is 450 g/mol. The predicted molar refractivity (Wildman–Crippen MR) is 135 cm³/mol. The highest BCUT2D eigenvalue weighted by Gasteiger charge is 2.34. The van der Waals surface area contributed by atoms with Gasteiger partial charge in [0.25, 0.3) is 0 Å². The smallest absolute Gasteiger partial charge is 0.337 e. The minimum Gasteiger partial charge on any atom is -0.493 e. The summed E-state index contributed by atoms with van der Waals surface area (Å²) in [7, 11) is 0. The average Bonchev–Trinajstić information content (AvgIpc) is 2.83. The Morgan fingerprint density at radius 1 is 1.24 bits per heavy atom. The van der Waals surface area contributed by atoms with Crippen molar-refractivity contribution in [1.29, 1.82) is 0 Å². The number of fused-ring (bicyclic) bond motifs is 1. The zero-order valence-corrected chi connectivity index (χ0v) is 20.1. The van der Waals surface area contributed by atoms with Crippen LogP contribution in [0.4, 0.5) is 0 Å². The lowest BCUT2D eigenvalue weighted by molar-refractivity contribution is -0.160. The quantitative estimate of drug-likeness (QED) is 0.324. The Morgan fingerprint density at radius 2 is 2.03 bits per heavy atom. The summed E-state index contributed by atoms with van der Waals surface area (Å²) in [4.78, 5) is 17.3. The molecule has 5 rings (SSSR count). The number of nitrogens with zero attached hydrogens (tertiary/aromatic N) is 1. The second-order valence-electron chi connectivity index (χ2n) is 9.34. The summed E-state index contributed by atoms with van der Waals surface area (Å²) in [5.74, 6) is -0.0868. The Bertz CT molecular complexity index is 1420. The molecule has 1 aliphatic rings. The number of alkyl halides is 1. The van der Waals surface area contributed by atoms with Crippen molar-refractivity contribution in [3.8, 4) is 16.9 Å². The lowest BCUT2D eigenvalue weighted by atomic mass is 9.85. The molecule has 2 heterocycles. The summed E-state index contributed by atoms with van der Waals surface area (Å²) in [6, 6.07) is 16.0. The number of halogens is 1. The van der Waals surface area contributed by atoms with Gasteiger partial charge in [0.05, 0.1) is 23.6 Å². The third-order valence-electron chi connectivity index (χ3n) is 6.38. The van der Waals surface area contributed by atoms with E-state index in [0.717, 1.165) is 50.5 Å². The number of aryl methyl sites for hydroxylation is 1. The molecule has 174 valence electrons. The summed E-state index contributed by atoms with van der Waals surface area (Å²) in [6.07, 6.45) is 1.42. The zero-order valence-electron chi connectivity index (χ0n) is 19.4. The van der Waals surface area contributed by atoms with Gasteiger partial charge in [-0.15, -0.1) is 11.6 Å². The molecule has 0 saturated heterocycles. The van der Waals surface area contributed by atoms with Crippen LogP contribution in [-0.4, -0.2) is 34.1 Å². The van der Waals surface area contributed by atoms with E-state index in [1.165, 1.54) is 5.56 Å². The molecular formula is C28H26ClNO4. The van der Waals surface area contributed by atoms with Gasteiger partial charge in [-0.3, -0.25) is 4.98 Å². The number of rotatable bonds is 6. The standard InChI is InChI=1S/C28H26ClNO4/c1-16-14-18-6-4-5-7-19(18)24(22(16)26(27(31)32)34-28(2,3)15-29)20-8-9-21-23-17(11-13-33-21)10-12-30-25(20)23/h4-10,12,14,26H,11,13,15H2,1-3H3,(H,31,32)/t26-/m0/s1. The fourth-order valence-corrected chi connectivity index (χ4v) is 4.88. The van der Waals surface area contributed by atoms with Crippen LogP contribution in [0.25, 0.3) is 32.8 Å². The molecule has 6 heteroatoms. The lowest BCUT2D eigenvalue weighted by Crippen LogP contribution is -2.32. The van der Waals surface area contributed by atoms with Crippen molar-refractivity contribution in [2.45, 2.75) is 38.9 Å². The number of hydrogen-bond donors (Lipinski definition) is 1. The lowest BCUT2D eigenvalue weighted by Gasteiger charge is -2.30. The van der Waals surface area contributed by atoms with E-state index >= 15 is 0 Å². The molecule has 0 bridgehead atoms. The molecule has 1 atom stereocenters. The number of aromatic nitrogens is 1. The average molecular weight is 476 g/mol. The molecule has 3 aromatic carbocycles. The third kappa shape index (κ3) is 3.79. The van der Waals surface area contributed by atoms with Gasteiger partial charge >= 0.3 is 5.97 Å². The molecule has 0 saturated carbocycles. The van der Waals surface area contributed by atoms with Crippen molar-refractivity contribution in [3.05, 3.63) is 71.4 Å². The molecule has 0 aliphatic carbocycles. The van der Waals surface area contributed by atoms with Crippen LogP contribution in [0.2, 0.25) is 0 Å². The topological polar surface area (TPSA) is 68.7 Å². The summed E-state index contributed by atoms with van der Waals surface area (Å²) in [5.41, 5.74) is 4.28. The molecule has 0 amide bonds. The number of aliphatic carboxylic acids is 1. The Labute approximate surface area is 203 Å². The zero-order chi connectivity index (χ0) is 24.0. The van der Waals surface area contributed by atoms with Gasteiger partial charge in [-0.2, -0.15) is 0 Å². The Hall–Kier alpha value is -3.15. The molecule has 1 aromatic heterocycles. The summed E-state index contributed by atoms with van der Waals surface area (Å²) in [5, 5.41) is 13.3. The van der Waals surface area contributed by atoms with E-state index in [1.54, 1.807) is 13.8 Å². The van der Waals surface area contributed by atoms with Gasteiger partial charge in [-0.05, 0) is 66.4 Å². The first-order chi connectivity index (χ1) is 16.3. The Kier molecular flexibility index (Phi) is 5.70. The van der Waals surface area contributed by atoms with Crippen LogP contribution in [0.3, 0.4) is 0 Å².